The van der Waals surface area contributed by atoms with Crippen LogP contribution >= 0.6 is 23.1 Å². The van der Waals surface area contributed by atoms with Crippen LogP contribution in [0.25, 0.3) is 10.8 Å². The highest BCUT2D eigenvalue weighted by Crippen LogP contribution is 2.25. The molecule has 2 aromatic heterocycles. The second kappa shape index (κ2) is 6.01. The first-order valence-corrected chi connectivity index (χ1v) is 7.97. The predicted octanol–water partition coefficient (Wildman–Crippen LogP) is 3.70. The molecule has 0 saturated heterocycles. The quantitative estimate of drug-likeness (QED) is 0.876. The van der Waals surface area contributed by atoms with E-state index in [0.29, 0.717) is 22.0 Å². The Balaban J connectivity index is 1.82. The Morgan fingerprint density at radius 2 is 2.00 bits per heavy atom. The minimum Gasteiger partial charge on any atom is -0.367 e. The van der Waals surface area contributed by atoms with Crippen molar-refractivity contribution in [2.75, 3.05) is 5.32 Å². The number of anilines is 1. The van der Waals surface area contributed by atoms with Crippen molar-refractivity contribution in [1.82, 2.24) is 19.3 Å². The maximum atomic E-state index is 6.09. The van der Waals surface area contributed by atoms with Crippen LogP contribution in [0.3, 0.4) is 0 Å². The van der Waals surface area contributed by atoms with Crippen molar-refractivity contribution in [3.8, 4) is 10.8 Å². The molecular weight excluding hydrogens is 294 g/mol. The first-order chi connectivity index (χ1) is 9.70. The summed E-state index contributed by atoms with van der Waals surface area (Å²) in [7, 11) is 0. The third-order valence-corrected chi connectivity index (χ3v) is 4.37. The molecule has 7 heteroatoms. The van der Waals surface area contributed by atoms with Crippen molar-refractivity contribution in [3.05, 3.63) is 17.0 Å². The van der Waals surface area contributed by atoms with Crippen molar-refractivity contribution >= 4 is 29.0 Å². The van der Waals surface area contributed by atoms with Gasteiger partial charge in [-0.15, -0.1) is 0 Å². The maximum absolute atomic E-state index is 6.09. The van der Waals surface area contributed by atoms with Gasteiger partial charge in [0.05, 0.1) is 0 Å². The molecule has 1 saturated carbocycles. The van der Waals surface area contributed by atoms with Crippen LogP contribution in [0.1, 0.15) is 37.9 Å². The lowest BCUT2D eigenvalue weighted by atomic mass is 9.95. The normalized spacial score (nSPS) is 16.3. The van der Waals surface area contributed by atoms with Crippen LogP contribution in [0.2, 0.25) is 5.15 Å². The molecule has 1 N–H and O–H groups in total. The fraction of sp³-hybridized carbons (Fsp3) is 0.538. The summed E-state index contributed by atoms with van der Waals surface area (Å²) in [5.74, 6) is 2.05. The lowest BCUT2D eigenvalue weighted by molar-refractivity contribution is 0.462. The molecule has 0 radical (unpaired) electrons. The summed E-state index contributed by atoms with van der Waals surface area (Å²) in [6.07, 6.45) is 6.26. The van der Waals surface area contributed by atoms with E-state index in [-0.39, 0.29) is 0 Å². The largest absolute Gasteiger partial charge is 0.367 e. The summed E-state index contributed by atoms with van der Waals surface area (Å²) < 4.78 is 4.16. The molecule has 0 amide bonds. The number of aryl methyl sites for hydroxylation is 1. The average Bonchev–Trinajstić information content (AvgIpc) is 2.86. The molecule has 106 valence electrons. The Kier molecular flexibility index (Phi) is 4.12. The van der Waals surface area contributed by atoms with Gasteiger partial charge < -0.3 is 5.32 Å². The lowest BCUT2D eigenvalue weighted by Crippen LogP contribution is -2.23. The van der Waals surface area contributed by atoms with Gasteiger partial charge in [0.25, 0.3) is 0 Å². The van der Waals surface area contributed by atoms with Gasteiger partial charge in [0, 0.05) is 12.1 Å². The van der Waals surface area contributed by atoms with Crippen molar-refractivity contribution in [2.24, 2.45) is 0 Å². The van der Waals surface area contributed by atoms with Crippen LogP contribution in [0, 0.1) is 6.92 Å². The van der Waals surface area contributed by atoms with Crippen molar-refractivity contribution in [1.29, 1.82) is 0 Å². The third-order valence-electron chi connectivity index (χ3n) is 3.37. The fourth-order valence-electron chi connectivity index (χ4n) is 2.43. The molecular formula is C13H16ClN5S. The van der Waals surface area contributed by atoms with Crippen LogP contribution in [0.4, 0.5) is 5.82 Å². The van der Waals surface area contributed by atoms with Gasteiger partial charge in [-0.2, -0.15) is 4.37 Å². The minimum atomic E-state index is 0.432. The van der Waals surface area contributed by atoms with E-state index in [1.54, 1.807) is 6.07 Å². The van der Waals surface area contributed by atoms with E-state index in [1.165, 1.54) is 43.6 Å². The van der Waals surface area contributed by atoms with Crippen molar-refractivity contribution < 1.29 is 0 Å². The summed E-state index contributed by atoms with van der Waals surface area (Å²) in [5, 5.41) is 4.60. The van der Waals surface area contributed by atoms with Crippen molar-refractivity contribution in [3.63, 3.8) is 0 Å². The van der Waals surface area contributed by atoms with Gasteiger partial charge in [-0.3, -0.25) is 0 Å². The molecule has 0 atom stereocenters. The lowest BCUT2D eigenvalue weighted by Gasteiger charge is -2.23. The van der Waals surface area contributed by atoms with Gasteiger partial charge in [0.1, 0.15) is 16.8 Å². The zero-order chi connectivity index (χ0) is 13.9. The molecule has 1 aliphatic carbocycles. The average molecular weight is 310 g/mol. The highest BCUT2D eigenvalue weighted by atomic mass is 35.5. The fourth-order valence-corrected chi connectivity index (χ4v) is 3.22. The van der Waals surface area contributed by atoms with Gasteiger partial charge in [0.2, 0.25) is 0 Å². The van der Waals surface area contributed by atoms with Crippen LogP contribution in [0.5, 0.6) is 0 Å². The Bertz CT molecular complexity index is 594. The first kappa shape index (κ1) is 13.7. The summed E-state index contributed by atoms with van der Waals surface area (Å²) in [6, 6.07) is 2.26. The third kappa shape index (κ3) is 3.24. The molecule has 2 heterocycles. The van der Waals surface area contributed by atoms with Gasteiger partial charge in [-0.05, 0) is 31.3 Å². The second-order valence-electron chi connectivity index (χ2n) is 5.03. The zero-order valence-corrected chi connectivity index (χ0v) is 12.8. The van der Waals surface area contributed by atoms with E-state index in [1.807, 2.05) is 6.92 Å². The van der Waals surface area contributed by atoms with Crippen molar-refractivity contribution in [2.45, 2.75) is 45.1 Å². The standard InChI is InChI=1S/C13H16ClN5S/c1-8-15-13(20-19-8)12-17-10(14)7-11(18-12)16-9-5-3-2-4-6-9/h7,9H,2-6H2,1H3,(H,16,17,18). The highest BCUT2D eigenvalue weighted by molar-refractivity contribution is 7.09. The predicted molar refractivity (Wildman–Crippen MR) is 81.2 cm³/mol. The minimum absolute atomic E-state index is 0.432. The van der Waals surface area contributed by atoms with E-state index < -0.39 is 0 Å². The summed E-state index contributed by atoms with van der Waals surface area (Å²) >= 11 is 7.38. The summed E-state index contributed by atoms with van der Waals surface area (Å²) in [5.41, 5.74) is 0. The second-order valence-corrected chi connectivity index (χ2v) is 6.16. The van der Waals surface area contributed by atoms with Crippen LogP contribution in [0.15, 0.2) is 6.07 Å². The van der Waals surface area contributed by atoms with Gasteiger partial charge in [-0.25, -0.2) is 15.0 Å². The Morgan fingerprint density at radius 1 is 1.20 bits per heavy atom. The van der Waals surface area contributed by atoms with E-state index in [0.717, 1.165) is 11.6 Å². The molecule has 0 bridgehead atoms. The van der Waals surface area contributed by atoms with Crippen LogP contribution in [-0.4, -0.2) is 25.4 Å². The Labute approximate surface area is 127 Å². The van der Waals surface area contributed by atoms with E-state index in [4.69, 9.17) is 11.6 Å². The monoisotopic (exact) mass is 309 g/mol. The summed E-state index contributed by atoms with van der Waals surface area (Å²) in [4.78, 5) is 13.1. The van der Waals surface area contributed by atoms with E-state index in [9.17, 15) is 0 Å². The van der Waals surface area contributed by atoms with E-state index in [2.05, 4.69) is 24.6 Å². The smallest absolute Gasteiger partial charge is 0.193 e. The Hall–Kier alpha value is -1.27. The number of hydrogen-bond acceptors (Lipinski definition) is 6. The zero-order valence-electron chi connectivity index (χ0n) is 11.3. The number of nitrogens with zero attached hydrogens (tertiary/aromatic N) is 4. The molecule has 0 spiro atoms. The van der Waals surface area contributed by atoms with Crippen LogP contribution in [-0.2, 0) is 0 Å². The van der Waals surface area contributed by atoms with Gasteiger partial charge >= 0.3 is 0 Å². The maximum Gasteiger partial charge on any atom is 0.193 e. The number of nitrogens with one attached hydrogen (secondary N) is 1. The van der Waals surface area contributed by atoms with Crippen LogP contribution < -0.4 is 5.32 Å². The van der Waals surface area contributed by atoms with Gasteiger partial charge in [-0.1, -0.05) is 30.9 Å². The number of aromatic nitrogens is 4. The molecule has 1 aliphatic rings. The molecule has 2 aromatic rings. The number of hydrogen-bond donors (Lipinski definition) is 1. The van der Waals surface area contributed by atoms with E-state index >= 15 is 0 Å². The molecule has 5 nitrogen and oxygen atoms in total. The SMILES string of the molecule is Cc1nsc(-c2nc(Cl)cc(NC3CCCCC3)n2)n1. The number of rotatable bonds is 3. The summed E-state index contributed by atoms with van der Waals surface area (Å²) in [6.45, 7) is 1.85. The van der Waals surface area contributed by atoms with Gasteiger partial charge in [0.15, 0.2) is 10.8 Å². The topological polar surface area (TPSA) is 63.6 Å². The number of halogens is 1. The molecule has 0 aromatic carbocycles. The Morgan fingerprint density at radius 3 is 2.70 bits per heavy atom. The first-order valence-electron chi connectivity index (χ1n) is 6.82. The highest BCUT2D eigenvalue weighted by Gasteiger charge is 2.15. The molecule has 1 fully saturated rings. The molecule has 0 aliphatic heterocycles. The molecule has 20 heavy (non-hydrogen) atoms. The molecule has 0 unspecified atom stereocenters. The molecule has 3 rings (SSSR count).